The van der Waals surface area contributed by atoms with Gasteiger partial charge in [0.25, 0.3) is 5.91 Å². The molecule has 1 saturated carbocycles. The summed E-state index contributed by atoms with van der Waals surface area (Å²) in [5, 5.41) is 10.8. The van der Waals surface area contributed by atoms with Gasteiger partial charge in [0.05, 0.1) is 18.0 Å². The van der Waals surface area contributed by atoms with Gasteiger partial charge in [0.15, 0.2) is 0 Å². The molecule has 0 heterocycles. The second kappa shape index (κ2) is 9.01. The molecule has 6 nitrogen and oxygen atoms in total. The molecule has 152 valence electrons. The van der Waals surface area contributed by atoms with E-state index in [1.165, 1.54) is 0 Å². The van der Waals surface area contributed by atoms with Gasteiger partial charge in [-0.15, -0.1) is 0 Å². The number of hydrogen-bond acceptors (Lipinski definition) is 3. The van der Waals surface area contributed by atoms with E-state index >= 15 is 0 Å². The van der Waals surface area contributed by atoms with Crippen molar-refractivity contribution >= 4 is 17.8 Å². The molecule has 6 heteroatoms. The van der Waals surface area contributed by atoms with Crippen LogP contribution in [-0.4, -0.2) is 46.9 Å². The van der Waals surface area contributed by atoms with Gasteiger partial charge < -0.3 is 10.0 Å². The Balaban J connectivity index is 1.64. The molecule has 0 spiro atoms. The smallest absolute Gasteiger partial charge is 0.335 e. The topological polar surface area (TPSA) is 91.3 Å². The van der Waals surface area contributed by atoms with Crippen LogP contribution in [0.3, 0.4) is 0 Å². The van der Waals surface area contributed by atoms with Crippen molar-refractivity contribution in [2.75, 3.05) is 7.05 Å². The second-order valence-corrected chi connectivity index (χ2v) is 7.59. The lowest BCUT2D eigenvalue weighted by Gasteiger charge is -2.24. The van der Waals surface area contributed by atoms with Gasteiger partial charge in [-0.25, -0.2) is 9.59 Å². The Bertz CT molecular complexity index is 890. The lowest BCUT2D eigenvalue weighted by Crippen LogP contribution is -2.92. The highest BCUT2D eigenvalue weighted by Gasteiger charge is 2.33. The predicted molar refractivity (Wildman–Crippen MR) is 110 cm³/mol. The molecular weight excluding hydrogens is 368 g/mol. The zero-order valence-electron chi connectivity index (χ0n) is 16.8. The van der Waals surface area contributed by atoms with E-state index in [1.54, 1.807) is 41.3 Å². The molecule has 3 N–H and O–H groups in total. The van der Waals surface area contributed by atoms with E-state index in [0.717, 1.165) is 30.4 Å². The molecule has 2 aromatic carbocycles. The summed E-state index contributed by atoms with van der Waals surface area (Å²) in [6.07, 6.45) is 3.22. The highest BCUT2D eigenvalue weighted by molar-refractivity contribution is 5.95. The van der Waals surface area contributed by atoms with Gasteiger partial charge in [0.2, 0.25) is 0 Å². The van der Waals surface area contributed by atoms with Crippen molar-refractivity contribution in [3.05, 3.63) is 59.7 Å². The van der Waals surface area contributed by atoms with Crippen molar-refractivity contribution in [2.24, 2.45) is 0 Å². The normalized spacial score (nSPS) is 18.4. The summed E-state index contributed by atoms with van der Waals surface area (Å²) in [6.45, 7) is 1.87. The SMILES string of the molecule is CCC(=O)[NH2+]C1CCC(N(C)C(=O)c2ccc(-c3ccc(C(=O)O)cc3)cc2)C1. The lowest BCUT2D eigenvalue weighted by atomic mass is 10.0. The van der Waals surface area contributed by atoms with E-state index in [0.29, 0.717) is 12.0 Å². The van der Waals surface area contributed by atoms with Crippen LogP contribution in [0.15, 0.2) is 48.5 Å². The molecule has 2 aromatic rings. The van der Waals surface area contributed by atoms with Crippen LogP contribution in [0.25, 0.3) is 11.1 Å². The molecule has 0 bridgehead atoms. The molecule has 0 aliphatic heterocycles. The van der Waals surface area contributed by atoms with Crippen LogP contribution in [0.1, 0.15) is 53.3 Å². The van der Waals surface area contributed by atoms with Gasteiger partial charge in [-0.3, -0.25) is 10.1 Å². The molecule has 1 fully saturated rings. The van der Waals surface area contributed by atoms with Crippen molar-refractivity contribution in [2.45, 2.75) is 44.7 Å². The highest BCUT2D eigenvalue weighted by Crippen LogP contribution is 2.24. The van der Waals surface area contributed by atoms with Gasteiger partial charge >= 0.3 is 11.9 Å². The van der Waals surface area contributed by atoms with Crippen molar-refractivity contribution < 1.29 is 24.8 Å². The number of carboxylic acids is 1. The largest absolute Gasteiger partial charge is 0.478 e. The molecule has 3 rings (SSSR count). The Morgan fingerprint density at radius 3 is 2.03 bits per heavy atom. The first-order valence-electron chi connectivity index (χ1n) is 9.97. The number of primary amides is 1. The van der Waals surface area contributed by atoms with Gasteiger partial charge in [-0.1, -0.05) is 31.2 Å². The maximum absolute atomic E-state index is 12.9. The van der Waals surface area contributed by atoms with Crippen molar-refractivity contribution in [1.29, 1.82) is 0 Å². The monoisotopic (exact) mass is 395 g/mol. The first-order valence-corrected chi connectivity index (χ1v) is 9.97. The van der Waals surface area contributed by atoms with Crippen LogP contribution >= 0.6 is 0 Å². The second-order valence-electron chi connectivity index (χ2n) is 7.59. The predicted octanol–water partition coefficient (Wildman–Crippen LogP) is 2.54. The lowest BCUT2D eigenvalue weighted by molar-refractivity contribution is -0.604. The van der Waals surface area contributed by atoms with Gasteiger partial charge in [-0.2, -0.15) is 0 Å². The standard InChI is InChI=1S/C23H26N2O4/c1-3-21(26)24-19-12-13-20(14-19)25(2)22(27)17-8-4-15(5-9-17)16-6-10-18(11-7-16)23(28)29/h4-11,19-20H,3,12-14H2,1-2H3,(H,24,26)(H,28,29)/p+1. The number of amides is 2. The van der Waals surface area contributed by atoms with E-state index in [4.69, 9.17) is 5.11 Å². The summed E-state index contributed by atoms with van der Waals surface area (Å²) in [5.41, 5.74) is 2.69. The fourth-order valence-corrected chi connectivity index (χ4v) is 3.86. The fourth-order valence-electron chi connectivity index (χ4n) is 3.86. The maximum atomic E-state index is 12.9. The first-order chi connectivity index (χ1) is 13.9. The van der Waals surface area contributed by atoms with Crippen molar-refractivity contribution in [3.8, 4) is 11.1 Å². The number of quaternary nitrogens is 1. The molecule has 2 unspecified atom stereocenters. The van der Waals surface area contributed by atoms with Gasteiger partial charge in [0, 0.05) is 31.5 Å². The quantitative estimate of drug-likeness (QED) is 0.786. The van der Waals surface area contributed by atoms with Crippen LogP contribution < -0.4 is 5.32 Å². The zero-order chi connectivity index (χ0) is 21.0. The third kappa shape index (κ3) is 4.90. The van der Waals surface area contributed by atoms with Crippen LogP contribution in [-0.2, 0) is 4.79 Å². The van der Waals surface area contributed by atoms with Gasteiger partial charge in [0.1, 0.15) is 0 Å². The number of carbonyl (C=O) groups excluding carboxylic acids is 2. The molecule has 0 aromatic heterocycles. The average Bonchev–Trinajstić information content (AvgIpc) is 3.21. The molecule has 0 saturated heterocycles. The Hall–Kier alpha value is -2.99. The van der Waals surface area contributed by atoms with Crippen LogP contribution in [0.2, 0.25) is 0 Å². The van der Waals surface area contributed by atoms with Crippen LogP contribution in [0, 0.1) is 0 Å². The van der Waals surface area contributed by atoms with Gasteiger partial charge in [-0.05, 0) is 41.8 Å². The van der Waals surface area contributed by atoms with E-state index in [1.807, 2.05) is 31.4 Å². The molecular formula is C23H27N2O4+. The molecule has 0 radical (unpaired) electrons. The minimum absolute atomic E-state index is 0.0229. The number of nitrogens with zero attached hydrogens (tertiary/aromatic N) is 1. The minimum atomic E-state index is -0.952. The minimum Gasteiger partial charge on any atom is -0.478 e. The number of carbonyl (C=O) groups is 3. The summed E-state index contributed by atoms with van der Waals surface area (Å²) >= 11 is 0. The van der Waals surface area contributed by atoms with E-state index in [2.05, 4.69) is 0 Å². The average molecular weight is 395 g/mol. The summed E-state index contributed by atoms with van der Waals surface area (Å²) in [5.74, 6) is -0.798. The maximum Gasteiger partial charge on any atom is 0.335 e. The number of carboxylic acid groups (broad SMARTS) is 1. The summed E-state index contributed by atoms with van der Waals surface area (Å²) in [6, 6.07) is 14.4. The van der Waals surface area contributed by atoms with Crippen molar-refractivity contribution in [3.63, 3.8) is 0 Å². The van der Waals surface area contributed by atoms with E-state index in [9.17, 15) is 14.4 Å². The number of rotatable bonds is 6. The molecule has 1 aliphatic carbocycles. The molecule has 1 aliphatic rings. The Labute approximate surface area is 170 Å². The molecule has 29 heavy (non-hydrogen) atoms. The zero-order valence-corrected chi connectivity index (χ0v) is 16.8. The fraction of sp³-hybridized carbons (Fsp3) is 0.348. The summed E-state index contributed by atoms with van der Waals surface area (Å²) in [4.78, 5) is 37.3. The Kier molecular flexibility index (Phi) is 6.44. The Morgan fingerprint density at radius 1 is 0.966 bits per heavy atom. The highest BCUT2D eigenvalue weighted by atomic mass is 16.4. The van der Waals surface area contributed by atoms with E-state index < -0.39 is 5.97 Å². The summed E-state index contributed by atoms with van der Waals surface area (Å²) in [7, 11) is 1.83. The van der Waals surface area contributed by atoms with E-state index in [-0.39, 0.29) is 29.5 Å². The Morgan fingerprint density at radius 2 is 1.52 bits per heavy atom. The molecule has 2 amide bonds. The number of nitrogens with two attached hydrogens (primary N) is 1. The third-order valence-corrected chi connectivity index (χ3v) is 5.68. The van der Waals surface area contributed by atoms with Crippen molar-refractivity contribution in [1.82, 2.24) is 4.90 Å². The van der Waals surface area contributed by atoms with Crippen LogP contribution in [0.4, 0.5) is 0 Å². The first kappa shape index (κ1) is 20.7. The number of aromatic carboxylic acids is 1. The third-order valence-electron chi connectivity index (χ3n) is 5.68. The number of benzene rings is 2. The number of hydrogen-bond donors (Lipinski definition) is 2. The molecule has 2 atom stereocenters. The summed E-state index contributed by atoms with van der Waals surface area (Å²) < 4.78 is 0. The van der Waals surface area contributed by atoms with Crippen LogP contribution in [0.5, 0.6) is 0 Å².